The van der Waals surface area contributed by atoms with Gasteiger partial charge in [0.15, 0.2) is 0 Å². The van der Waals surface area contributed by atoms with Gasteiger partial charge < -0.3 is 19.3 Å². The number of hydrogen-bond acceptors (Lipinski definition) is 4. The number of aliphatic hydroxyl groups is 1. The molecule has 1 aliphatic carbocycles. The van der Waals surface area contributed by atoms with Crippen LogP contribution < -0.4 is 4.74 Å². The van der Waals surface area contributed by atoms with Crippen LogP contribution in [0.4, 0.5) is 0 Å². The number of ether oxygens (including phenoxy) is 1. The highest BCUT2D eigenvalue weighted by Gasteiger charge is 2.25. The predicted molar refractivity (Wildman–Crippen MR) is 93.7 cm³/mol. The Morgan fingerprint density at radius 2 is 2.08 bits per heavy atom. The van der Waals surface area contributed by atoms with Gasteiger partial charge in [0.05, 0.1) is 6.10 Å². The van der Waals surface area contributed by atoms with Crippen molar-refractivity contribution < 1.29 is 9.84 Å². The van der Waals surface area contributed by atoms with E-state index in [1.54, 1.807) is 6.20 Å². The first kappa shape index (κ1) is 17.0. The van der Waals surface area contributed by atoms with Crippen LogP contribution in [0.5, 0.6) is 5.75 Å². The number of rotatable bonds is 7. The van der Waals surface area contributed by atoms with Crippen LogP contribution in [0.25, 0.3) is 0 Å². The molecule has 24 heavy (non-hydrogen) atoms. The van der Waals surface area contributed by atoms with Crippen molar-refractivity contribution in [2.24, 2.45) is 13.0 Å². The average molecular weight is 329 g/mol. The van der Waals surface area contributed by atoms with Gasteiger partial charge >= 0.3 is 0 Å². The van der Waals surface area contributed by atoms with Gasteiger partial charge in [-0.25, -0.2) is 4.98 Å². The fourth-order valence-corrected chi connectivity index (χ4v) is 3.38. The quantitative estimate of drug-likeness (QED) is 0.848. The lowest BCUT2D eigenvalue weighted by Crippen LogP contribution is -2.29. The molecule has 130 valence electrons. The lowest BCUT2D eigenvalue weighted by Gasteiger charge is -2.23. The minimum absolute atomic E-state index is 0.116. The first-order valence-electron chi connectivity index (χ1n) is 8.66. The molecule has 5 nitrogen and oxygen atoms in total. The third kappa shape index (κ3) is 4.36. The number of aromatic nitrogens is 2. The molecule has 0 bridgehead atoms. The Labute approximate surface area is 143 Å². The molecule has 5 heteroatoms. The standard InChI is InChI=1S/C19H27N3O2/c1-21(13-16-4-3-5-18(16)23)12-15-6-8-17(9-7-15)24-14-19-20-10-11-22(19)2/h6-11,16,18,23H,3-5,12-14H2,1-2H3. The zero-order valence-corrected chi connectivity index (χ0v) is 14.6. The van der Waals surface area contributed by atoms with Gasteiger partial charge in [0.1, 0.15) is 18.2 Å². The molecule has 0 saturated heterocycles. The second-order valence-electron chi connectivity index (χ2n) is 6.84. The maximum Gasteiger partial charge on any atom is 0.146 e. The topological polar surface area (TPSA) is 50.5 Å². The second kappa shape index (κ2) is 7.81. The van der Waals surface area contributed by atoms with Gasteiger partial charge in [-0.3, -0.25) is 0 Å². The summed E-state index contributed by atoms with van der Waals surface area (Å²) in [5, 5.41) is 9.95. The van der Waals surface area contributed by atoms with E-state index >= 15 is 0 Å². The lowest BCUT2D eigenvalue weighted by atomic mass is 10.1. The fourth-order valence-electron chi connectivity index (χ4n) is 3.38. The summed E-state index contributed by atoms with van der Waals surface area (Å²) in [6, 6.07) is 8.23. The van der Waals surface area contributed by atoms with Crippen LogP contribution in [0.1, 0.15) is 30.7 Å². The molecule has 2 unspecified atom stereocenters. The van der Waals surface area contributed by atoms with Gasteiger partial charge in [-0.15, -0.1) is 0 Å². The van der Waals surface area contributed by atoms with Gasteiger partial charge in [0, 0.05) is 32.5 Å². The summed E-state index contributed by atoms with van der Waals surface area (Å²) in [4.78, 5) is 6.55. The van der Waals surface area contributed by atoms with Gasteiger partial charge in [0.25, 0.3) is 0 Å². The van der Waals surface area contributed by atoms with Gasteiger partial charge in [-0.2, -0.15) is 0 Å². The van der Waals surface area contributed by atoms with Crippen molar-refractivity contribution in [3.63, 3.8) is 0 Å². The minimum Gasteiger partial charge on any atom is -0.486 e. The molecule has 0 spiro atoms. The van der Waals surface area contributed by atoms with Crippen LogP contribution in [0, 0.1) is 5.92 Å². The molecule has 2 aromatic rings. The van der Waals surface area contributed by atoms with Crippen LogP contribution in [-0.2, 0) is 20.2 Å². The first-order chi connectivity index (χ1) is 11.6. The number of benzene rings is 1. The third-order valence-electron chi connectivity index (χ3n) is 4.83. The van der Waals surface area contributed by atoms with Crippen LogP contribution >= 0.6 is 0 Å². The smallest absolute Gasteiger partial charge is 0.146 e. The van der Waals surface area contributed by atoms with E-state index < -0.39 is 0 Å². The van der Waals surface area contributed by atoms with E-state index in [9.17, 15) is 5.11 Å². The number of aliphatic hydroxyl groups excluding tert-OH is 1. The van der Waals surface area contributed by atoms with Crippen LogP contribution in [0.2, 0.25) is 0 Å². The Hall–Kier alpha value is -1.85. The maximum atomic E-state index is 9.95. The highest BCUT2D eigenvalue weighted by Crippen LogP contribution is 2.26. The number of imidazole rings is 1. The molecule has 1 aromatic carbocycles. The molecule has 1 aromatic heterocycles. The zero-order chi connectivity index (χ0) is 16.9. The minimum atomic E-state index is -0.116. The third-order valence-corrected chi connectivity index (χ3v) is 4.83. The molecule has 0 amide bonds. The normalized spacial score (nSPS) is 20.7. The summed E-state index contributed by atoms with van der Waals surface area (Å²) < 4.78 is 7.74. The lowest BCUT2D eigenvalue weighted by molar-refractivity contribution is 0.108. The van der Waals surface area contributed by atoms with Gasteiger partial charge in [0.2, 0.25) is 0 Å². The van der Waals surface area contributed by atoms with Gasteiger partial charge in [-0.1, -0.05) is 18.6 Å². The van der Waals surface area contributed by atoms with Crippen molar-refractivity contribution in [1.82, 2.24) is 14.5 Å². The molecular formula is C19H27N3O2. The molecule has 1 heterocycles. The monoisotopic (exact) mass is 329 g/mol. The van der Waals surface area contributed by atoms with E-state index in [4.69, 9.17) is 4.74 Å². The first-order valence-corrected chi connectivity index (χ1v) is 8.66. The molecule has 0 radical (unpaired) electrons. The molecule has 0 aliphatic heterocycles. The molecule has 1 N–H and O–H groups in total. The number of aryl methyl sites for hydroxylation is 1. The van der Waals surface area contributed by atoms with E-state index in [2.05, 4.69) is 29.1 Å². The summed E-state index contributed by atoms with van der Waals surface area (Å²) in [7, 11) is 4.09. The van der Waals surface area contributed by atoms with E-state index in [0.29, 0.717) is 12.5 Å². The SMILES string of the molecule is CN(Cc1ccc(OCc2nccn2C)cc1)CC1CCCC1O. The Kier molecular flexibility index (Phi) is 5.53. The highest BCUT2D eigenvalue weighted by molar-refractivity contribution is 5.27. The van der Waals surface area contributed by atoms with Gasteiger partial charge in [-0.05, 0) is 43.5 Å². The number of hydrogen-bond donors (Lipinski definition) is 1. The summed E-state index contributed by atoms with van der Waals surface area (Å²) in [6.45, 7) is 2.32. The zero-order valence-electron chi connectivity index (χ0n) is 14.6. The fraction of sp³-hybridized carbons (Fsp3) is 0.526. The molecule has 1 fully saturated rings. The molecule has 1 aliphatic rings. The van der Waals surface area contributed by atoms with Crippen LogP contribution in [-0.4, -0.2) is 39.3 Å². The van der Waals surface area contributed by atoms with Crippen LogP contribution in [0.15, 0.2) is 36.7 Å². The molecule has 1 saturated carbocycles. The molecule has 3 rings (SSSR count). The molecular weight excluding hydrogens is 302 g/mol. The van der Waals surface area contributed by atoms with E-state index in [0.717, 1.165) is 43.9 Å². The van der Waals surface area contributed by atoms with E-state index in [-0.39, 0.29) is 6.10 Å². The van der Waals surface area contributed by atoms with Crippen molar-refractivity contribution >= 4 is 0 Å². The largest absolute Gasteiger partial charge is 0.486 e. The van der Waals surface area contributed by atoms with E-state index in [1.807, 2.05) is 29.9 Å². The van der Waals surface area contributed by atoms with Crippen molar-refractivity contribution in [3.05, 3.63) is 48.0 Å². The number of nitrogens with zero attached hydrogens (tertiary/aromatic N) is 3. The van der Waals surface area contributed by atoms with Crippen molar-refractivity contribution in [3.8, 4) is 5.75 Å². The van der Waals surface area contributed by atoms with E-state index in [1.165, 1.54) is 5.56 Å². The predicted octanol–water partition coefficient (Wildman–Crippen LogP) is 2.59. The summed E-state index contributed by atoms with van der Waals surface area (Å²) in [6.07, 6.45) is 6.83. The van der Waals surface area contributed by atoms with Crippen molar-refractivity contribution in [2.45, 2.75) is 38.5 Å². The average Bonchev–Trinajstić information content (AvgIpc) is 3.15. The Morgan fingerprint density at radius 1 is 1.29 bits per heavy atom. The molecule has 2 atom stereocenters. The Bertz CT molecular complexity index is 638. The summed E-state index contributed by atoms with van der Waals surface area (Å²) in [5.41, 5.74) is 1.26. The summed E-state index contributed by atoms with van der Waals surface area (Å²) >= 11 is 0. The second-order valence-corrected chi connectivity index (χ2v) is 6.84. The Balaban J connectivity index is 1.48. The highest BCUT2D eigenvalue weighted by atomic mass is 16.5. The summed E-state index contributed by atoms with van der Waals surface area (Å²) in [5.74, 6) is 2.19. The van der Waals surface area contributed by atoms with Crippen molar-refractivity contribution in [2.75, 3.05) is 13.6 Å². The van der Waals surface area contributed by atoms with Crippen LogP contribution in [0.3, 0.4) is 0 Å². The van der Waals surface area contributed by atoms with Crippen molar-refractivity contribution in [1.29, 1.82) is 0 Å². The maximum absolute atomic E-state index is 9.95. The Morgan fingerprint density at radius 3 is 2.71 bits per heavy atom.